The summed E-state index contributed by atoms with van der Waals surface area (Å²) in [5.41, 5.74) is 1.21. The molecule has 1 heterocycles. The molecule has 1 aliphatic carbocycles. The molecule has 96 valence electrons. The molecule has 0 aromatic carbocycles. The van der Waals surface area contributed by atoms with E-state index in [4.69, 9.17) is 11.6 Å². The second-order valence-corrected chi connectivity index (χ2v) is 6.34. The molecule has 0 amide bonds. The van der Waals surface area contributed by atoms with E-state index in [2.05, 4.69) is 29.0 Å². The van der Waals surface area contributed by atoms with Crippen molar-refractivity contribution in [2.45, 2.75) is 44.4 Å². The van der Waals surface area contributed by atoms with Crippen LogP contribution in [0, 0.1) is 5.92 Å². The molecule has 1 aromatic rings. The van der Waals surface area contributed by atoms with Crippen LogP contribution in [0.4, 0.5) is 0 Å². The molecule has 0 bridgehead atoms. The Bertz CT molecular complexity index is 334. The molecule has 0 saturated heterocycles. The first-order valence-electron chi connectivity index (χ1n) is 6.47. The molecule has 0 aliphatic heterocycles. The summed E-state index contributed by atoms with van der Waals surface area (Å²) in [6, 6.07) is 2.83. The van der Waals surface area contributed by atoms with Gasteiger partial charge in [-0.15, -0.1) is 11.6 Å². The van der Waals surface area contributed by atoms with E-state index in [1.54, 1.807) is 0 Å². The molecule has 1 aromatic heterocycles. The van der Waals surface area contributed by atoms with E-state index < -0.39 is 0 Å². The predicted molar refractivity (Wildman–Crippen MR) is 75.8 cm³/mol. The van der Waals surface area contributed by atoms with Crippen LogP contribution in [0.5, 0.6) is 0 Å². The summed E-state index contributed by atoms with van der Waals surface area (Å²) in [6.07, 6.45) is 7.48. The van der Waals surface area contributed by atoms with E-state index in [-0.39, 0.29) is 0 Å². The zero-order chi connectivity index (χ0) is 12.1. The average molecular weight is 273 g/mol. The van der Waals surface area contributed by atoms with E-state index in [0.717, 1.165) is 17.4 Å². The largest absolute Gasteiger partial charge is 0.269 e. The minimum Gasteiger partial charge on any atom is -0.269 e. The normalized spacial score (nSPS) is 18.7. The number of aromatic nitrogens is 2. The van der Waals surface area contributed by atoms with Crippen LogP contribution in [0.3, 0.4) is 0 Å². The number of hydrogen-bond donors (Lipinski definition) is 0. The Morgan fingerprint density at radius 2 is 2.29 bits per heavy atom. The third-order valence-electron chi connectivity index (χ3n) is 3.28. The summed E-state index contributed by atoms with van der Waals surface area (Å²) in [4.78, 5) is 0. The van der Waals surface area contributed by atoms with Gasteiger partial charge in [0.1, 0.15) is 0 Å². The Hall–Kier alpha value is -0.150. The maximum absolute atomic E-state index is 5.79. The van der Waals surface area contributed by atoms with Crippen molar-refractivity contribution in [2.24, 2.45) is 5.92 Å². The van der Waals surface area contributed by atoms with Crippen LogP contribution in [0.25, 0.3) is 0 Å². The monoisotopic (exact) mass is 272 g/mol. The van der Waals surface area contributed by atoms with Crippen LogP contribution >= 0.6 is 23.4 Å². The van der Waals surface area contributed by atoms with Gasteiger partial charge < -0.3 is 0 Å². The van der Waals surface area contributed by atoms with Crippen molar-refractivity contribution < 1.29 is 0 Å². The molecule has 2 rings (SSSR count). The van der Waals surface area contributed by atoms with E-state index in [1.165, 1.54) is 31.4 Å². The van der Waals surface area contributed by atoms with Crippen molar-refractivity contribution in [1.82, 2.24) is 9.78 Å². The van der Waals surface area contributed by atoms with Crippen molar-refractivity contribution in [2.75, 3.05) is 11.6 Å². The van der Waals surface area contributed by atoms with Crippen LogP contribution in [-0.4, -0.2) is 21.4 Å². The standard InChI is InChI=1S/C13H21ClN2S/c1-11(8-14)9-17-10-12-6-7-16(15-12)13-4-2-3-5-13/h6-7,11,13H,2-5,8-10H2,1H3. The second kappa shape index (κ2) is 6.69. The molecule has 1 unspecified atom stereocenters. The van der Waals surface area contributed by atoms with E-state index >= 15 is 0 Å². The summed E-state index contributed by atoms with van der Waals surface area (Å²) in [7, 11) is 0. The highest BCUT2D eigenvalue weighted by atomic mass is 35.5. The molecule has 1 aliphatic rings. The average Bonchev–Trinajstić information content (AvgIpc) is 2.98. The number of nitrogens with zero attached hydrogens (tertiary/aromatic N) is 2. The molecule has 1 fully saturated rings. The van der Waals surface area contributed by atoms with Gasteiger partial charge in [-0.25, -0.2) is 0 Å². The van der Waals surface area contributed by atoms with Gasteiger partial charge in [-0.2, -0.15) is 16.9 Å². The van der Waals surface area contributed by atoms with Crippen molar-refractivity contribution >= 4 is 23.4 Å². The Morgan fingerprint density at radius 1 is 1.53 bits per heavy atom. The lowest BCUT2D eigenvalue weighted by Gasteiger charge is -2.09. The van der Waals surface area contributed by atoms with Gasteiger partial charge in [0.15, 0.2) is 0 Å². The van der Waals surface area contributed by atoms with Crippen LogP contribution in [0.1, 0.15) is 44.3 Å². The molecule has 1 atom stereocenters. The summed E-state index contributed by atoms with van der Waals surface area (Å²) in [5.74, 6) is 3.49. The van der Waals surface area contributed by atoms with Crippen molar-refractivity contribution in [3.8, 4) is 0 Å². The predicted octanol–water partition coefficient (Wildman–Crippen LogP) is 4.11. The van der Waals surface area contributed by atoms with Crippen LogP contribution in [-0.2, 0) is 5.75 Å². The maximum atomic E-state index is 5.79. The Morgan fingerprint density at radius 3 is 3.00 bits per heavy atom. The topological polar surface area (TPSA) is 17.8 Å². The molecule has 0 radical (unpaired) electrons. The Balaban J connectivity index is 1.77. The Kier molecular flexibility index (Phi) is 5.23. The molecule has 2 nitrogen and oxygen atoms in total. The molecule has 4 heteroatoms. The lowest BCUT2D eigenvalue weighted by atomic mass is 10.3. The van der Waals surface area contributed by atoms with Gasteiger partial charge in [0, 0.05) is 17.8 Å². The first kappa shape index (κ1) is 13.3. The first-order chi connectivity index (χ1) is 8.29. The highest BCUT2D eigenvalue weighted by Crippen LogP contribution is 2.29. The van der Waals surface area contributed by atoms with E-state index in [0.29, 0.717) is 12.0 Å². The second-order valence-electron chi connectivity index (χ2n) is 5.00. The van der Waals surface area contributed by atoms with Crippen molar-refractivity contribution in [3.05, 3.63) is 18.0 Å². The molecular formula is C13H21ClN2S. The van der Waals surface area contributed by atoms with Gasteiger partial charge in [-0.05, 0) is 30.6 Å². The summed E-state index contributed by atoms with van der Waals surface area (Å²) >= 11 is 7.73. The number of thioether (sulfide) groups is 1. The first-order valence-corrected chi connectivity index (χ1v) is 8.16. The fourth-order valence-electron chi connectivity index (χ4n) is 2.24. The fourth-order valence-corrected chi connectivity index (χ4v) is 3.48. The molecule has 0 N–H and O–H groups in total. The SMILES string of the molecule is CC(CCl)CSCc1ccn(C2CCCC2)n1. The van der Waals surface area contributed by atoms with Gasteiger partial charge in [-0.1, -0.05) is 19.8 Å². The quantitative estimate of drug-likeness (QED) is 0.726. The lowest BCUT2D eigenvalue weighted by Crippen LogP contribution is -2.05. The molecule has 17 heavy (non-hydrogen) atoms. The van der Waals surface area contributed by atoms with Gasteiger partial charge in [-0.3, -0.25) is 4.68 Å². The van der Waals surface area contributed by atoms with Crippen molar-refractivity contribution in [3.63, 3.8) is 0 Å². The van der Waals surface area contributed by atoms with Crippen LogP contribution in [0.15, 0.2) is 12.3 Å². The number of alkyl halides is 1. The zero-order valence-corrected chi connectivity index (χ0v) is 12.0. The van der Waals surface area contributed by atoms with E-state index in [1.807, 2.05) is 11.8 Å². The fraction of sp³-hybridized carbons (Fsp3) is 0.769. The third-order valence-corrected chi connectivity index (χ3v) is 5.11. The summed E-state index contributed by atoms with van der Waals surface area (Å²) in [5, 5.41) is 4.68. The third kappa shape index (κ3) is 3.92. The summed E-state index contributed by atoms with van der Waals surface area (Å²) in [6.45, 7) is 2.19. The number of halogens is 1. The van der Waals surface area contributed by atoms with E-state index in [9.17, 15) is 0 Å². The highest BCUT2D eigenvalue weighted by Gasteiger charge is 2.17. The van der Waals surface area contributed by atoms with Crippen molar-refractivity contribution in [1.29, 1.82) is 0 Å². The zero-order valence-electron chi connectivity index (χ0n) is 10.4. The van der Waals surface area contributed by atoms with Gasteiger partial charge >= 0.3 is 0 Å². The Labute approximate surface area is 113 Å². The van der Waals surface area contributed by atoms with Gasteiger partial charge in [0.2, 0.25) is 0 Å². The van der Waals surface area contributed by atoms with Crippen LogP contribution in [0.2, 0.25) is 0 Å². The van der Waals surface area contributed by atoms with Gasteiger partial charge in [0.25, 0.3) is 0 Å². The lowest BCUT2D eigenvalue weighted by molar-refractivity contribution is 0.464. The van der Waals surface area contributed by atoms with Gasteiger partial charge in [0.05, 0.1) is 11.7 Å². The minimum absolute atomic E-state index is 0.596. The summed E-state index contributed by atoms with van der Waals surface area (Å²) < 4.78 is 2.17. The molecular weight excluding hydrogens is 252 g/mol. The highest BCUT2D eigenvalue weighted by molar-refractivity contribution is 7.98. The molecule has 1 saturated carbocycles. The maximum Gasteiger partial charge on any atom is 0.0723 e. The van der Waals surface area contributed by atoms with Crippen LogP contribution < -0.4 is 0 Å². The minimum atomic E-state index is 0.596. The number of rotatable bonds is 6. The number of hydrogen-bond acceptors (Lipinski definition) is 2. The molecule has 0 spiro atoms. The smallest absolute Gasteiger partial charge is 0.0723 e.